The van der Waals surface area contributed by atoms with Crippen molar-refractivity contribution in [2.75, 3.05) is 19.0 Å². The van der Waals surface area contributed by atoms with Crippen molar-refractivity contribution < 1.29 is 23.9 Å². The Kier molecular flexibility index (Phi) is 8.32. The zero-order valence-electron chi connectivity index (χ0n) is 19.6. The lowest BCUT2D eigenvalue weighted by Crippen LogP contribution is -2.36. The number of rotatable bonds is 8. The summed E-state index contributed by atoms with van der Waals surface area (Å²) >= 11 is 3.05. The number of aryl methyl sites for hydroxylation is 1. The molecule has 3 amide bonds. The first kappa shape index (κ1) is 25.8. The van der Waals surface area contributed by atoms with E-state index in [2.05, 4.69) is 27.9 Å². The fraction of sp³-hybridized carbons (Fsp3) is 0.148. The number of nitrogens with one attached hydrogen (secondary N) is 1. The van der Waals surface area contributed by atoms with Gasteiger partial charge in [-0.25, -0.2) is 0 Å². The highest BCUT2D eigenvalue weighted by molar-refractivity contribution is 14.1. The summed E-state index contributed by atoms with van der Waals surface area (Å²) in [7, 11) is 1.54. The number of nitrogens with zero attached hydrogens (tertiary/aromatic N) is 1. The molecule has 1 N–H and O–H groups in total. The van der Waals surface area contributed by atoms with Gasteiger partial charge in [0.25, 0.3) is 11.1 Å². The Labute approximate surface area is 227 Å². The Morgan fingerprint density at radius 1 is 1.03 bits per heavy atom. The number of ether oxygens (including phenoxy) is 2. The minimum Gasteiger partial charge on any atom is -0.493 e. The average Bonchev–Trinajstić information content (AvgIpc) is 3.12. The molecule has 1 aliphatic heterocycles. The van der Waals surface area contributed by atoms with E-state index < -0.39 is 17.1 Å². The van der Waals surface area contributed by atoms with Crippen LogP contribution in [0.3, 0.4) is 0 Å². The van der Waals surface area contributed by atoms with Crippen molar-refractivity contribution >= 4 is 63.2 Å². The number of carbonyl (C=O) groups excluding carboxylic acids is 3. The lowest BCUT2D eigenvalue weighted by Gasteiger charge is -2.13. The third kappa shape index (κ3) is 6.46. The van der Waals surface area contributed by atoms with Crippen molar-refractivity contribution in [1.82, 2.24) is 4.90 Å². The molecule has 36 heavy (non-hydrogen) atoms. The summed E-state index contributed by atoms with van der Waals surface area (Å²) in [5.41, 5.74) is 3.36. The Balaban J connectivity index is 1.42. The molecule has 0 spiro atoms. The van der Waals surface area contributed by atoms with E-state index in [0.717, 1.165) is 31.4 Å². The second kappa shape index (κ2) is 11.6. The molecule has 1 aliphatic rings. The Morgan fingerprint density at radius 2 is 1.75 bits per heavy atom. The SMILES string of the molecule is COc1cc(/C=C2\SC(=O)N(CC(=O)Nc3ccc(C)cc3)C2=O)ccc1OCc1ccc(I)cc1. The molecule has 0 aliphatic carbocycles. The van der Waals surface area contributed by atoms with Crippen LogP contribution < -0.4 is 14.8 Å². The van der Waals surface area contributed by atoms with E-state index >= 15 is 0 Å². The Hall–Kier alpha value is -3.31. The van der Waals surface area contributed by atoms with Gasteiger partial charge in [-0.1, -0.05) is 35.9 Å². The van der Waals surface area contributed by atoms with Crippen molar-refractivity contribution in [3.8, 4) is 11.5 Å². The summed E-state index contributed by atoms with van der Waals surface area (Å²) in [5, 5.41) is 2.21. The second-order valence-electron chi connectivity index (χ2n) is 8.01. The van der Waals surface area contributed by atoms with E-state index in [4.69, 9.17) is 9.47 Å². The van der Waals surface area contributed by atoms with Gasteiger partial charge >= 0.3 is 0 Å². The van der Waals surface area contributed by atoms with Gasteiger partial charge in [0.15, 0.2) is 11.5 Å². The van der Waals surface area contributed by atoms with Gasteiger partial charge in [0.1, 0.15) is 13.2 Å². The highest BCUT2D eigenvalue weighted by atomic mass is 127. The largest absolute Gasteiger partial charge is 0.493 e. The molecule has 184 valence electrons. The van der Waals surface area contributed by atoms with Gasteiger partial charge in [-0.15, -0.1) is 0 Å². The fourth-order valence-electron chi connectivity index (χ4n) is 3.40. The van der Waals surface area contributed by atoms with Crippen molar-refractivity contribution in [2.45, 2.75) is 13.5 Å². The maximum Gasteiger partial charge on any atom is 0.294 e. The van der Waals surface area contributed by atoms with Gasteiger partial charge in [0.2, 0.25) is 5.91 Å². The molecule has 0 unspecified atom stereocenters. The molecule has 0 saturated carbocycles. The zero-order chi connectivity index (χ0) is 25.7. The van der Waals surface area contributed by atoms with Gasteiger partial charge in [0, 0.05) is 9.26 Å². The third-order valence-corrected chi connectivity index (χ3v) is 6.93. The Morgan fingerprint density at radius 3 is 2.44 bits per heavy atom. The van der Waals surface area contributed by atoms with Crippen LogP contribution in [-0.2, 0) is 16.2 Å². The van der Waals surface area contributed by atoms with Gasteiger partial charge in [-0.2, -0.15) is 0 Å². The molecule has 3 aromatic carbocycles. The number of anilines is 1. The smallest absolute Gasteiger partial charge is 0.294 e. The lowest BCUT2D eigenvalue weighted by molar-refractivity contribution is -0.127. The standard InChI is InChI=1S/C27H23IN2O5S/c1-17-3-10-21(11-4-17)29-25(31)15-30-26(32)24(36-27(30)33)14-19-7-12-22(23(13-19)34-2)35-16-18-5-8-20(28)9-6-18/h3-14H,15-16H2,1-2H3,(H,29,31)/b24-14-. The van der Waals surface area contributed by atoms with Crippen molar-refractivity contribution in [2.24, 2.45) is 0 Å². The number of hydrogen-bond donors (Lipinski definition) is 1. The maximum absolute atomic E-state index is 12.8. The van der Waals surface area contributed by atoms with E-state index in [0.29, 0.717) is 29.4 Å². The van der Waals surface area contributed by atoms with Crippen molar-refractivity contribution in [3.05, 3.63) is 91.9 Å². The topological polar surface area (TPSA) is 84.9 Å². The number of carbonyl (C=O) groups is 3. The van der Waals surface area contributed by atoms with E-state index in [-0.39, 0.29) is 11.4 Å². The van der Waals surface area contributed by atoms with Crippen LogP contribution >= 0.6 is 34.4 Å². The maximum atomic E-state index is 12.8. The molecule has 1 saturated heterocycles. The van der Waals surface area contributed by atoms with Crippen LogP contribution in [0.4, 0.5) is 10.5 Å². The summed E-state index contributed by atoms with van der Waals surface area (Å²) in [6.07, 6.45) is 1.61. The predicted octanol–water partition coefficient (Wildman–Crippen LogP) is 5.86. The summed E-state index contributed by atoms with van der Waals surface area (Å²) in [4.78, 5) is 38.8. The number of benzene rings is 3. The molecule has 0 bridgehead atoms. The predicted molar refractivity (Wildman–Crippen MR) is 149 cm³/mol. The summed E-state index contributed by atoms with van der Waals surface area (Å²) < 4.78 is 12.5. The number of imide groups is 1. The summed E-state index contributed by atoms with van der Waals surface area (Å²) in [5.74, 6) is 0.112. The quantitative estimate of drug-likeness (QED) is 0.253. The fourth-order valence-corrected chi connectivity index (χ4v) is 4.60. The van der Waals surface area contributed by atoms with Gasteiger partial charge in [0.05, 0.1) is 12.0 Å². The molecule has 0 radical (unpaired) electrons. The number of amides is 3. The lowest BCUT2D eigenvalue weighted by atomic mass is 10.1. The molecule has 4 rings (SSSR count). The number of halogens is 1. The molecule has 9 heteroatoms. The molecule has 1 heterocycles. The van der Waals surface area contributed by atoms with Crippen LogP contribution in [0, 0.1) is 10.5 Å². The van der Waals surface area contributed by atoms with Crippen LogP contribution in [-0.4, -0.2) is 35.6 Å². The molecular formula is C27H23IN2O5S. The van der Waals surface area contributed by atoms with Crippen LogP contribution in [0.1, 0.15) is 16.7 Å². The van der Waals surface area contributed by atoms with E-state index in [1.165, 1.54) is 7.11 Å². The monoisotopic (exact) mass is 614 g/mol. The van der Waals surface area contributed by atoms with Crippen molar-refractivity contribution in [1.29, 1.82) is 0 Å². The highest BCUT2D eigenvalue weighted by Crippen LogP contribution is 2.34. The summed E-state index contributed by atoms with van der Waals surface area (Å²) in [6.45, 7) is 1.97. The second-order valence-corrected chi connectivity index (χ2v) is 10.2. The first-order chi connectivity index (χ1) is 17.3. The zero-order valence-corrected chi connectivity index (χ0v) is 22.6. The van der Waals surface area contributed by atoms with Crippen LogP contribution in [0.15, 0.2) is 71.6 Å². The van der Waals surface area contributed by atoms with E-state index in [9.17, 15) is 14.4 Å². The minimum absolute atomic E-state index is 0.234. The molecule has 0 atom stereocenters. The van der Waals surface area contributed by atoms with E-state index in [1.807, 2.05) is 43.3 Å². The number of thioether (sulfide) groups is 1. The third-order valence-electron chi connectivity index (χ3n) is 5.30. The van der Waals surface area contributed by atoms with Gasteiger partial charge < -0.3 is 14.8 Å². The van der Waals surface area contributed by atoms with E-state index in [1.54, 1.807) is 36.4 Å². The molecule has 0 aromatic heterocycles. The number of hydrogen-bond acceptors (Lipinski definition) is 6. The Bertz CT molecular complexity index is 1320. The average molecular weight is 614 g/mol. The van der Waals surface area contributed by atoms with Crippen LogP contribution in [0.5, 0.6) is 11.5 Å². The molecule has 1 fully saturated rings. The molecule has 3 aromatic rings. The van der Waals surface area contributed by atoms with Crippen LogP contribution in [0.2, 0.25) is 0 Å². The van der Waals surface area contributed by atoms with Gasteiger partial charge in [-0.05, 0) is 94.9 Å². The highest BCUT2D eigenvalue weighted by Gasteiger charge is 2.36. The van der Waals surface area contributed by atoms with Crippen molar-refractivity contribution in [3.63, 3.8) is 0 Å². The number of methoxy groups -OCH3 is 1. The first-order valence-electron chi connectivity index (χ1n) is 11.0. The summed E-state index contributed by atoms with van der Waals surface area (Å²) in [6, 6.07) is 20.6. The first-order valence-corrected chi connectivity index (χ1v) is 12.9. The molecular weight excluding hydrogens is 591 g/mol. The normalized spacial score (nSPS) is 14.3. The minimum atomic E-state index is -0.512. The van der Waals surface area contributed by atoms with Crippen LogP contribution in [0.25, 0.3) is 6.08 Å². The molecule has 7 nitrogen and oxygen atoms in total. The van der Waals surface area contributed by atoms with Gasteiger partial charge in [-0.3, -0.25) is 19.3 Å².